The van der Waals surface area contributed by atoms with Gasteiger partial charge in [-0.3, -0.25) is 37.3 Å². The lowest BCUT2D eigenvalue weighted by atomic mass is 10.0. The van der Waals surface area contributed by atoms with Crippen LogP contribution in [0.3, 0.4) is 0 Å². The highest BCUT2D eigenvalue weighted by molar-refractivity contribution is 7.47. The van der Waals surface area contributed by atoms with E-state index in [0.29, 0.717) is 25.7 Å². The number of unbranched alkanes of at least 4 members (excludes halogenated alkanes) is 48. The molecule has 17 nitrogen and oxygen atoms in total. The van der Waals surface area contributed by atoms with Gasteiger partial charge in [0.05, 0.1) is 26.4 Å². The van der Waals surface area contributed by atoms with Gasteiger partial charge in [-0.2, -0.15) is 0 Å². The maximum absolute atomic E-state index is 13.1. The van der Waals surface area contributed by atoms with E-state index >= 15 is 0 Å². The zero-order chi connectivity index (χ0) is 69.8. The van der Waals surface area contributed by atoms with Crippen LogP contribution in [-0.4, -0.2) is 96.7 Å². The van der Waals surface area contributed by atoms with E-state index in [1.807, 2.05) is 0 Å². The van der Waals surface area contributed by atoms with E-state index in [1.165, 1.54) is 218 Å². The number of hydrogen-bond donors (Lipinski definition) is 3. The molecule has 19 heteroatoms. The van der Waals surface area contributed by atoms with Crippen molar-refractivity contribution in [1.82, 2.24) is 0 Å². The maximum Gasteiger partial charge on any atom is 0.472 e. The molecule has 2 unspecified atom stereocenters. The summed E-state index contributed by atoms with van der Waals surface area (Å²) >= 11 is 0. The topological polar surface area (TPSA) is 237 Å². The molecule has 0 amide bonds. The summed E-state index contributed by atoms with van der Waals surface area (Å²) in [5, 5.41) is 10.6. The van der Waals surface area contributed by atoms with Gasteiger partial charge in [0.2, 0.25) is 0 Å². The molecule has 3 N–H and O–H groups in total. The largest absolute Gasteiger partial charge is 0.472 e. The van der Waals surface area contributed by atoms with Gasteiger partial charge in [-0.1, -0.05) is 349 Å². The number of hydrogen-bond acceptors (Lipinski definition) is 15. The Morgan fingerprint density at radius 3 is 0.716 bits per heavy atom. The smallest absolute Gasteiger partial charge is 0.462 e. The monoisotopic (exact) mass is 1400 g/mol. The number of aliphatic hydroxyl groups is 1. The van der Waals surface area contributed by atoms with Gasteiger partial charge in [0.15, 0.2) is 12.2 Å². The van der Waals surface area contributed by atoms with Crippen LogP contribution in [0.1, 0.15) is 401 Å². The number of esters is 4. The standard InChI is InChI=1S/C76H148O17P2/c1-6-9-12-15-18-21-22-23-24-27-31-34-37-41-45-50-55-60-74(79)87-66-72(93-76(81)62-57-52-47-42-38-35-32-29-26-25-28-30-33-36-40-43-48-53-58-69(4)5)68-91-95(84,85)89-64-70(77)63-88-94(82,83)90-67-71(65-86-73(78)59-54-49-44-20-17-14-11-8-3)92-75(80)61-56-51-46-39-19-16-13-10-7-2/h69-72,77H,6-68H2,1-5H3,(H,82,83)(H,84,85)/t70-,71+,72+/m0/s1. The Balaban J connectivity index is 5.15. The lowest BCUT2D eigenvalue weighted by Gasteiger charge is -2.21. The molecule has 0 fully saturated rings. The molecular formula is C76H148O17P2. The van der Waals surface area contributed by atoms with Crippen molar-refractivity contribution in [3.05, 3.63) is 0 Å². The quantitative estimate of drug-likeness (QED) is 0.0222. The molecule has 0 aromatic heterocycles. The molecule has 0 bridgehead atoms. The molecular weight excluding hydrogens is 1250 g/mol. The first-order chi connectivity index (χ1) is 46.0. The van der Waals surface area contributed by atoms with Crippen molar-refractivity contribution in [2.75, 3.05) is 39.6 Å². The van der Waals surface area contributed by atoms with Gasteiger partial charge < -0.3 is 33.8 Å². The van der Waals surface area contributed by atoms with E-state index < -0.39 is 97.5 Å². The van der Waals surface area contributed by atoms with Crippen LogP contribution in [0.2, 0.25) is 0 Å². The minimum Gasteiger partial charge on any atom is -0.462 e. The highest BCUT2D eigenvalue weighted by Gasteiger charge is 2.30. The van der Waals surface area contributed by atoms with Crippen LogP contribution in [0, 0.1) is 5.92 Å². The molecule has 5 atom stereocenters. The fourth-order valence-electron chi connectivity index (χ4n) is 11.7. The van der Waals surface area contributed by atoms with Gasteiger partial charge in [-0.25, -0.2) is 9.13 Å². The average molecular weight is 1400 g/mol. The van der Waals surface area contributed by atoms with Gasteiger partial charge in [-0.05, 0) is 31.6 Å². The van der Waals surface area contributed by atoms with Crippen LogP contribution in [0.5, 0.6) is 0 Å². The third-order valence-electron chi connectivity index (χ3n) is 17.8. The number of aliphatic hydroxyl groups excluding tert-OH is 1. The first-order valence-corrected chi connectivity index (χ1v) is 42.6. The van der Waals surface area contributed by atoms with Crippen molar-refractivity contribution in [2.24, 2.45) is 5.92 Å². The minimum absolute atomic E-state index is 0.106. The molecule has 0 aromatic carbocycles. The van der Waals surface area contributed by atoms with Crippen molar-refractivity contribution in [3.8, 4) is 0 Å². The maximum atomic E-state index is 13.1. The van der Waals surface area contributed by atoms with E-state index in [0.717, 1.165) is 102 Å². The lowest BCUT2D eigenvalue weighted by Crippen LogP contribution is -2.30. The Hall–Kier alpha value is -1.94. The summed E-state index contributed by atoms with van der Waals surface area (Å²) in [7, 11) is -9.90. The van der Waals surface area contributed by atoms with Crippen LogP contribution in [0.15, 0.2) is 0 Å². The Bertz CT molecular complexity index is 1820. The Morgan fingerprint density at radius 1 is 0.284 bits per heavy atom. The number of rotatable bonds is 76. The highest BCUT2D eigenvalue weighted by atomic mass is 31.2. The molecule has 95 heavy (non-hydrogen) atoms. The number of phosphoric acid groups is 2. The predicted octanol–water partition coefficient (Wildman–Crippen LogP) is 22.5. The summed E-state index contributed by atoms with van der Waals surface area (Å²) in [5.74, 6) is -1.30. The number of ether oxygens (including phenoxy) is 4. The second kappa shape index (κ2) is 69.2. The Kier molecular flexibility index (Phi) is 67.7. The number of phosphoric ester groups is 2. The molecule has 0 aliphatic rings. The fourth-order valence-corrected chi connectivity index (χ4v) is 13.3. The summed E-state index contributed by atoms with van der Waals surface area (Å²) in [4.78, 5) is 72.6. The highest BCUT2D eigenvalue weighted by Crippen LogP contribution is 2.45. The third kappa shape index (κ3) is 70.3. The minimum atomic E-state index is -4.96. The van der Waals surface area contributed by atoms with Crippen molar-refractivity contribution in [2.45, 2.75) is 419 Å². The molecule has 0 aliphatic carbocycles. The zero-order valence-corrected chi connectivity index (χ0v) is 63.6. The predicted molar refractivity (Wildman–Crippen MR) is 386 cm³/mol. The Morgan fingerprint density at radius 2 is 0.484 bits per heavy atom. The zero-order valence-electron chi connectivity index (χ0n) is 61.8. The lowest BCUT2D eigenvalue weighted by molar-refractivity contribution is -0.161. The summed E-state index contributed by atoms with van der Waals surface area (Å²) in [6.45, 7) is 7.28. The number of carbonyl (C=O) groups excluding carboxylic acids is 4. The molecule has 0 heterocycles. The molecule has 0 rings (SSSR count). The summed E-state index contributed by atoms with van der Waals surface area (Å²) in [6, 6.07) is 0. The Labute approximate surface area is 581 Å². The second-order valence-electron chi connectivity index (χ2n) is 27.9. The van der Waals surface area contributed by atoms with Crippen LogP contribution in [0.25, 0.3) is 0 Å². The van der Waals surface area contributed by atoms with E-state index in [-0.39, 0.29) is 25.7 Å². The molecule has 564 valence electrons. The molecule has 0 aromatic rings. The van der Waals surface area contributed by atoms with Gasteiger partial charge in [-0.15, -0.1) is 0 Å². The third-order valence-corrected chi connectivity index (χ3v) is 19.7. The van der Waals surface area contributed by atoms with E-state index in [1.54, 1.807) is 0 Å². The molecule has 0 radical (unpaired) electrons. The van der Waals surface area contributed by atoms with Gasteiger partial charge in [0.1, 0.15) is 19.3 Å². The van der Waals surface area contributed by atoms with E-state index in [4.69, 9.17) is 37.0 Å². The second-order valence-corrected chi connectivity index (χ2v) is 30.8. The van der Waals surface area contributed by atoms with Gasteiger partial charge >= 0.3 is 39.5 Å². The van der Waals surface area contributed by atoms with Crippen LogP contribution >= 0.6 is 15.6 Å². The molecule has 0 saturated heterocycles. The van der Waals surface area contributed by atoms with Crippen molar-refractivity contribution < 1.29 is 80.2 Å². The van der Waals surface area contributed by atoms with Crippen LogP contribution in [0.4, 0.5) is 0 Å². The molecule has 0 aliphatic heterocycles. The van der Waals surface area contributed by atoms with Crippen molar-refractivity contribution in [1.29, 1.82) is 0 Å². The summed E-state index contributed by atoms with van der Waals surface area (Å²) in [6.07, 6.45) is 58.5. The first kappa shape index (κ1) is 93.1. The molecule has 0 saturated carbocycles. The van der Waals surface area contributed by atoms with Crippen LogP contribution < -0.4 is 0 Å². The van der Waals surface area contributed by atoms with Gasteiger partial charge in [0, 0.05) is 25.7 Å². The molecule has 0 spiro atoms. The number of carbonyl (C=O) groups is 4. The normalized spacial score (nSPS) is 13.9. The van der Waals surface area contributed by atoms with Crippen molar-refractivity contribution in [3.63, 3.8) is 0 Å². The van der Waals surface area contributed by atoms with Gasteiger partial charge in [0.25, 0.3) is 0 Å². The van der Waals surface area contributed by atoms with Crippen molar-refractivity contribution >= 4 is 39.5 Å². The summed E-state index contributed by atoms with van der Waals surface area (Å²) in [5.41, 5.74) is 0. The van der Waals surface area contributed by atoms with E-state index in [9.17, 15) is 43.2 Å². The SMILES string of the molecule is CCCCCCCCCCCCCCCCCCCC(=O)OC[C@H](COP(=O)(O)OC[C@@H](O)COP(=O)(O)OC[C@@H](COC(=O)CCCCCCCCCC)OC(=O)CCCCCCCCCCC)OC(=O)CCCCCCCCCCCCCCCCCCCCC(C)C. The fraction of sp³-hybridized carbons (Fsp3) is 0.947. The summed E-state index contributed by atoms with van der Waals surface area (Å²) < 4.78 is 68.4. The van der Waals surface area contributed by atoms with Crippen LogP contribution in [-0.2, 0) is 65.4 Å². The average Bonchev–Trinajstić information content (AvgIpc) is 1.46. The van der Waals surface area contributed by atoms with E-state index in [2.05, 4.69) is 34.6 Å². The first-order valence-electron chi connectivity index (χ1n) is 39.6.